The van der Waals surface area contributed by atoms with Crippen molar-refractivity contribution in [1.29, 1.82) is 0 Å². The van der Waals surface area contributed by atoms with E-state index in [9.17, 15) is 14.9 Å². The van der Waals surface area contributed by atoms with E-state index in [0.717, 1.165) is 11.1 Å². The minimum atomic E-state index is -0.575. The Labute approximate surface area is 156 Å². The first-order chi connectivity index (χ1) is 13.1. The number of carbonyl (C=O) groups is 1. The molecule has 0 aromatic heterocycles. The number of hydrogen-bond acceptors (Lipinski definition) is 4. The number of amides is 1. The molecule has 0 fully saturated rings. The number of para-hydroxylation sites is 1. The van der Waals surface area contributed by atoms with E-state index >= 15 is 0 Å². The Balaban J connectivity index is 1.60. The maximum absolute atomic E-state index is 12.1. The number of carbonyl (C=O) groups excluding carboxylic acids is 1. The van der Waals surface area contributed by atoms with Crippen LogP contribution in [-0.4, -0.2) is 11.0 Å². The van der Waals surface area contributed by atoms with Gasteiger partial charge in [0.2, 0.25) is 0 Å². The summed E-state index contributed by atoms with van der Waals surface area (Å²) in [4.78, 5) is 22.3. The number of rotatable bonds is 6. The molecule has 0 aliphatic carbocycles. The van der Waals surface area contributed by atoms with Gasteiger partial charge in [-0.2, -0.15) is 0 Å². The third kappa shape index (κ3) is 5.15. The summed E-state index contributed by atoms with van der Waals surface area (Å²) < 4.78 is 5.22. The summed E-state index contributed by atoms with van der Waals surface area (Å²) in [5, 5.41) is 13.4. The Morgan fingerprint density at radius 1 is 0.889 bits per heavy atom. The fraction of sp³-hybridized carbons (Fsp3) is 0.0952. The van der Waals surface area contributed by atoms with Crippen molar-refractivity contribution in [2.75, 3.05) is 5.32 Å². The summed E-state index contributed by atoms with van der Waals surface area (Å²) in [6, 6.07) is 23.4. The normalized spacial score (nSPS) is 10.2. The molecule has 0 heterocycles. The van der Waals surface area contributed by atoms with Crippen LogP contribution in [0, 0.1) is 10.1 Å². The second-order valence-electron chi connectivity index (χ2n) is 5.94. The quantitative estimate of drug-likeness (QED) is 0.498. The van der Waals surface area contributed by atoms with Gasteiger partial charge in [-0.3, -0.25) is 15.4 Å². The Morgan fingerprint density at radius 3 is 2.26 bits per heavy atom. The highest BCUT2D eigenvalue weighted by molar-refractivity contribution is 5.85. The minimum absolute atomic E-state index is 0.00181. The van der Waals surface area contributed by atoms with Crippen molar-refractivity contribution in [2.45, 2.75) is 13.0 Å². The molecule has 0 spiro atoms. The van der Waals surface area contributed by atoms with Gasteiger partial charge in [0.05, 0.1) is 4.92 Å². The number of anilines is 1. The van der Waals surface area contributed by atoms with Crippen molar-refractivity contribution in [2.24, 2.45) is 0 Å². The van der Waals surface area contributed by atoms with E-state index in [1.54, 1.807) is 12.1 Å². The molecule has 1 amide bonds. The lowest BCUT2D eigenvalue weighted by molar-refractivity contribution is -0.384. The molecule has 0 saturated heterocycles. The van der Waals surface area contributed by atoms with Gasteiger partial charge in [0.15, 0.2) is 0 Å². The summed E-state index contributed by atoms with van der Waals surface area (Å²) in [7, 11) is 0. The van der Waals surface area contributed by atoms with Gasteiger partial charge in [0.25, 0.3) is 5.69 Å². The van der Waals surface area contributed by atoms with Gasteiger partial charge in [-0.05, 0) is 41.3 Å². The van der Waals surface area contributed by atoms with Gasteiger partial charge < -0.3 is 4.74 Å². The van der Waals surface area contributed by atoms with Crippen LogP contribution in [0.25, 0.3) is 0 Å². The molecule has 0 radical (unpaired) electrons. The molecule has 136 valence electrons. The lowest BCUT2D eigenvalue weighted by atomic mass is 10.0. The van der Waals surface area contributed by atoms with E-state index in [-0.39, 0.29) is 12.3 Å². The first-order valence-electron chi connectivity index (χ1n) is 8.41. The fourth-order valence-corrected chi connectivity index (χ4v) is 2.62. The van der Waals surface area contributed by atoms with Gasteiger partial charge in [-0.15, -0.1) is 0 Å². The lowest BCUT2D eigenvalue weighted by Crippen LogP contribution is -2.14. The summed E-state index contributed by atoms with van der Waals surface area (Å²) in [5.41, 5.74) is 3.49. The Morgan fingerprint density at radius 2 is 1.56 bits per heavy atom. The molecule has 3 aromatic carbocycles. The Bertz CT molecular complexity index is 924. The molecule has 3 rings (SSSR count). The van der Waals surface area contributed by atoms with Crippen LogP contribution in [-0.2, 0) is 17.8 Å². The molecule has 0 bridgehead atoms. The molecular formula is C21H18N2O4. The summed E-state index contributed by atoms with van der Waals surface area (Å²) in [6.07, 6.45) is 0.119. The third-order valence-corrected chi connectivity index (χ3v) is 4.01. The average Bonchev–Trinajstić information content (AvgIpc) is 2.69. The highest BCUT2D eigenvalue weighted by Gasteiger charge is 2.09. The summed E-state index contributed by atoms with van der Waals surface area (Å²) in [6.45, 7) is 0.0324. The topological polar surface area (TPSA) is 81.5 Å². The maximum atomic E-state index is 12.1. The molecule has 0 saturated carbocycles. The van der Waals surface area contributed by atoms with Gasteiger partial charge in [0.1, 0.15) is 6.61 Å². The molecule has 0 unspecified atom stereocenters. The monoisotopic (exact) mass is 362 g/mol. The van der Waals surface area contributed by atoms with Gasteiger partial charge >= 0.3 is 6.09 Å². The van der Waals surface area contributed by atoms with Crippen molar-refractivity contribution in [3.63, 3.8) is 0 Å². The predicted octanol–water partition coefficient (Wildman–Crippen LogP) is 4.93. The maximum Gasteiger partial charge on any atom is 0.411 e. The number of hydrogen-bond donors (Lipinski definition) is 1. The SMILES string of the molecule is O=C(Nc1ccccc1Cc1ccccc1)OCc1ccc([N+](=O)[O-])cc1. The van der Waals surface area contributed by atoms with E-state index < -0.39 is 11.0 Å². The van der Waals surface area contributed by atoms with E-state index in [1.165, 1.54) is 12.1 Å². The van der Waals surface area contributed by atoms with Gasteiger partial charge in [-0.1, -0.05) is 48.5 Å². The summed E-state index contributed by atoms with van der Waals surface area (Å²) in [5.74, 6) is 0. The molecule has 0 aliphatic heterocycles. The van der Waals surface area contributed by atoms with Gasteiger partial charge in [0, 0.05) is 17.8 Å². The molecular weight excluding hydrogens is 344 g/mol. The third-order valence-electron chi connectivity index (χ3n) is 4.01. The van der Waals surface area contributed by atoms with Crippen molar-refractivity contribution in [1.82, 2.24) is 0 Å². The predicted molar refractivity (Wildman–Crippen MR) is 103 cm³/mol. The second-order valence-corrected chi connectivity index (χ2v) is 5.94. The van der Waals surface area contributed by atoms with Crippen LogP contribution in [0.2, 0.25) is 0 Å². The van der Waals surface area contributed by atoms with Crippen molar-refractivity contribution in [3.05, 3.63) is 106 Å². The van der Waals surface area contributed by atoms with E-state index in [1.807, 2.05) is 54.6 Å². The number of nitro groups is 1. The second kappa shape index (κ2) is 8.62. The minimum Gasteiger partial charge on any atom is -0.444 e. The zero-order valence-corrected chi connectivity index (χ0v) is 14.5. The molecule has 0 aliphatic rings. The lowest BCUT2D eigenvalue weighted by Gasteiger charge is -2.11. The first-order valence-corrected chi connectivity index (χ1v) is 8.41. The number of non-ortho nitro benzene ring substituents is 1. The van der Waals surface area contributed by atoms with Crippen LogP contribution in [0.15, 0.2) is 78.9 Å². The average molecular weight is 362 g/mol. The number of ether oxygens (including phenoxy) is 1. The van der Waals surface area contributed by atoms with E-state index in [4.69, 9.17) is 4.74 Å². The van der Waals surface area contributed by atoms with Crippen LogP contribution >= 0.6 is 0 Å². The number of nitrogens with one attached hydrogen (secondary N) is 1. The molecule has 6 nitrogen and oxygen atoms in total. The van der Waals surface area contributed by atoms with Crippen molar-refractivity contribution in [3.8, 4) is 0 Å². The van der Waals surface area contributed by atoms with E-state index in [2.05, 4.69) is 5.32 Å². The molecule has 6 heteroatoms. The number of benzene rings is 3. The molecule has 1 N–H and O–H groups in total. The van der Waals surface area contributed by atoms with Gasteiger partial charge in [-0.25, -0.2) is 4.79 Å². The zero-order valence-electron chi connectivity index (χ0n) is 14.5. The number of nitro benzene ring substituents is 1. The highest BCUT2D eigenvalue weighted by Crippen LogP contribution is 2.19. The highest BCUT2D eigenvalue weighted by atomic mass is 16.6. The van der Waals surface area contributed by atoms with Crippen LogP contribution in [0.5, 0.6) is 0 Å². The molecule has 27 heavy (non-hydrogen) atoms. The van der Waals surface area contributed by atoms with Crippen molar-refractivity contribution < 1.29 is 14.5 Å². The molecule has 0 atom stereocenters. The fourth-order valence-electron chi connectivity index (χ4n) is 2.62. The van der Waals surface area contributed by atoms with Crippen LogP contribution in [0.1, 0.15) is 16.7 Å². The first kappa shape index (κ1) is 18.1. The van der Waals surface area contributed by atoms with Crippen LogP contribution in [0.3, 0.4) is 0 Å². The Hall–Kier alpha value is -3.67. The standard InChI is InChI=1S/C21H18N2O4/c24-21(27-15-17-10-12-19(13-11-17)23(25)26)22-20-9-5-4-8-18(20)14-16-6-2-1-3-7-16/h1-13H,14-15H2,(H,22,24). The van der Waals surface area contributed by atoms with Crippen LogP contribution < -0.4 is 5.32 Å². The number of nitrogens with zero attached hydrogens (tertiary/aromatic N) is 1. The molecule has 3 aromatic rings. The Kier molecular flexibility index (Phi) is 5.79. The van der Waals surface area contributed by atoms with E-state index in [0.29, 0.717) is 17.7 Å². The van der Waals surface area contributed by atoms with Crippen molar-refractivity contribution >= 4 is 17.5 Å². The largest absolute Gasteiger partial charge is 0.444 e. The smallest absolute Gasteiger partial charge is 0.411 e. The summed E-state index contributed by atoms with van der Waals surface area (Å²) >= 11 is 0. The zero-order chi connectivity index (χ0) is 19.1. The van der Waals surface area contributed by atoms with Crippen LogP contribution in [0.4, 0.5) is 16.2 Å².